The predicted octanol–water partition coefficient (Wildman–Crippen LogP) is 3.31. The van der Waals surface area contributed by atoms with Gasteiger partial charge < -0.3 is 9.47 Å². The molecule has 0 bridgehead atoms. The van der Waals surface area contributed by atoms with E-state index in [1.54, 1.807) is 13.8 Å². The molecule has 0 saturated heterocycles. The Morgan fingerprint density at radius 1 is 1.24 bits per heavy atom. The largest absolute Gasteiger partial charge is 0.452 e. The summed E-state index contributed by atoms with van der Waals surface area (Å²) in [6, 6.07) is 5.76. The quantitative estimate of drug-likeness (QED) is 0.753. The van der Waals surface area contributed by atoms with Gasteiger partial charge in [-0.3, -0.25) is 0 Å². The van der Waals surface area contributed by atoms with E-state index in [0.29, 0.717) is 11.3 Å². The van der Waals surface area contributed by atoms with E-state index in [1.165, 1.54) is 0 Å². The summed E-state index contributed by atoms with van der Waals surface area (Å²) in [5, 5.41) is 0. The molecule has 0 radical (unpaired) electrons. The molecular formula is C14H18O3. The number of carbonyl (C=O) groups excluding carboxylic acids is 1. The van der Waals surface area contributed by atoms with Gasteiger partial charge in [0.1, 0.15) is 11.3 Å². The van der Waals surface area contributed by atoms with Crippen LogP contribution in [0.25, 0.3) is 0 Å². The molecule has 0 saturated carbocycles. The molecule has 17 heavy (non-hydrogen) atoms. The molecule has 1 aromatic carbocycles. The zero-order valence-electron chi connectivity index (χ0n) is 10.6. The Balaban J connectivity index is 2.27. The summed E-state index contributed by atoms with van der Waals surface area (Å²) in [6.07, 6.45) is 3.26. The van der Waals surface area contributed by atoms with Crippen LogP contribution in [0.2, 0.25) is 0 Å². The fourth-order valence-corrected chi connectivity index (χ4v) is 1.93. The molecule has 3 nitrogen and oxygen atoms in total. The Bertz CT molecular complexity index is 435. The monoisotopic (exact) mass is 234 g/mol. The number of aryl methyl sites for hydroxylation is 1. The molecule has 0 spiro atoms. The van der Waals surface area contributed by atoms with Crippen molar-refractivity contribution in [2.45, 2.75) is 45.8 Å². The zero-order chi connectivity index (χ0) is 12.5. The fraction of sp³-hybridized carbons (Fsp3) is 0.500. The van der Waals surface area contributed by atoms with Crippen molar-refractivity contribution in [2.24, 2.45) is 0 Å². The van der Waals surface area contributed by atoms with Crippen molar-refractivity contribution in [3.63, 3.8) is 0 Å². The molecular weight excluding hydrogens is 216 g/mol. The molecule has 0 atom stereocenters. The third kappa shape index (κ3) is 2.60. The van der Waals surface area contributed by atoms with E-state index in [0.717, 1.165) is 24.8 Å². The molecule has 0 fully saturated rings. The Labute approximate surface area is 102 Å². The third-order valence-electron chi connectivity index (χ3n) is 2.78. The van der Waals surface area contributed by atoms with Gasteiger partial charge in [0.2, 0.25) is 5.79 Å². The maximum atomic E-state index is 11.8. The van der Waals surface area contributed by atoms with E-state index >= 15 is 0 Å². The van der Waals surface area contributed by atoms with Gasteiger partial charge in [0, 0.05) is 13.8 Å². The molecule has 1 aromatic rings. The number of unbranched alkanes of at least 4 members (excludes halogenated alkanes) is 1. The summed E-state index contributed by atoms with van der Waals surface area (Å²) in [5.74, 6) is -0.546. The second-order valence-electron chi connectivity index (χ2n) is 4.83. The van der Waals surface area contributed by atoms with Crippen LogP contribution < -0.4 is 4.74 Å². The number of esters is 1. The first-order valence-corrected chi connectivity index (χ1v) is 6.07. The standard InChI is InChI=1S/C14H18O3/c1-4-5-6-10-7-8-12-11(9-10)13(15)17-14(2,3)16-12/h7-9H,4-6H2,1-3H3. The lowest BCUT2D eigenvalue weighted by atomic mass is 10.0. The summed E-state index contributed by atoms with van der Waals surface area (Å²) in [7, 11) is 0. The van der Waals surface area contributed by atoms with E-state index in [9.17, 15) is 4.79 Å². The number of hydrogen-bond donors (Lipinski definition) is 0. The first kappa shape index (κ1) is 12.0. The lowest BCUT2D eigenvalue weighted by Gasteiger charge is -2.31. The zero-order valence-corrected chi connectivity index (χ0v) is 10.6. The first-order chi connectivity index (χ1) is 8.02. The molecule has 0 amide bonds. The SMILES string of the molecule is CCCCc1ccc2c(c1)C(=O)OC(C)(C)O2. The smallest absolute Gasteiger partial charge is 0.345 e. The average molecular weight is 234 g/mol. The van der Waals surface area contributed by atoms with Gasteiger partial charge in [-0.25, -0.2) is 4.79 Å². The Morgan fingerprint density at radius 2 is 2.00 bits per heavy atom. The van der Waals surface area contributed by atoms with Crippen molar-refractivity contribution in [1.29, 1.82) is 0 Å². The van der Waals surface area contributed by atoms with Crippen LogP contribution in [0.15, 0.2) is 18.2 Å². The number of cyclic esters (lactones) is 1. The van der Waals surface area contributed by atoms with Crippen LogP contribution in [0, 0.1) is 0 Å². The van der Waals surface area contributed by atoms with Crippen molar-refractivity contribution in [3.8, 4) is 5.75 Å². The summed E-state index contributed by atoms with van der Waals surface area (Å²) >= 11 is 0. The highest BCUT2D eigenvalue weighted by Crippen LogP contribution is 2.31. The normalized spacial score (nSPS) is 17.0. The van der Waals surface area contributed by atoms with Crippen LogP contribution in [0.1, 0.15) is 49.5 Å². The lowest BCUT2D eigenvalue weighted by Crippen LogP contribution is -2.38. The molecule has 0 unspecified atom stereocenters. The molecule has 1 aliphatic rings. The highest BCUT2D eigenvalue weighted by Gasteiger charge is 2.33. The second-order valence-corrected chi connectivity index (χ2v) is 4.83. The van der Waals surface area contributed by atoms with Gasteiger partial charge in [0.05, 0.1) is 0 Å². The van der Waals surface area contributed by atoms with Crippen molar-refractivity contribution in [1.82, 2.24) is 0 Å². The van der Waals surface area contributed by atoms with Crippen molar-refractivity contribution >= 4 is 5.97 Å². The minimum absolute atomic E-state index is 0.297. The van der Waals surface area contributed by atoms with Gasteiger partial charge in [0.25, 0.3) is 0 Å². The fourth-order valence-electron chi connectivity index (χ4n) is 1.93. The number of ether oxygens (including phenoxy) is 2. The van der Waals surface area contributed by atoms with Crippen LogP contribution in [-0.2, 0) is 11.2 Å². The van der Waals surface area contributed by atoms with Gasteiger partial charge in [-0.2, -0.15) is 0 Å². The van der Waals surface area contributed by atoms with E-state index in [4.69, 9.17) is 9.47 Å². The maximum Gasteiger partial charge on any atom is 0.345 e. The summed E-state index contributed by atoms with van der Waals surface area (Å²) < 4.78 is 10.8. The van der Waals surface area contributed by atoms with Gasteiger partial charge in [-0.1, -0.05) is 19.4 Å². The number of carbonyl (C=O) groups is 1. The highest BCUT2D eigenvalue weighted by molar-refractivity contribution is 5.93. The molecule has 3 heteroatoms. The number of fused-ring (bicyclic) bond motifs is 1. The highest BCUT2D eigenvalue weighted by atomic mass is 16.7. The van der Waals surface area contributed by atoms with Gasteiger partial charge in [0.15, 0.2) is 0 Å². The van der Waals surface area contributed by atoms with Crippen LogP contribution in [0.3, 0.4) is 0 Å². The first-order valence-electron chi connectivity index (χ1n) is 6.07. The molecule has 0 N–H and O–H groups in total. The molecule has 0 aliphatic carbocycles. The van der Waals surface area contributed by atoms with Gasteiger partial charge in [-0.05, 0) is 30.5 Å². The van der Waals surface area contributed by atoms with Crippen LogP contribution in [-0.4, -0.2) is 11.8 Å². The number of benzene rings is 1. The molecule has 2 rings (SSSR count). The third-order valence-corrected chi connectivity index (χ3v) is 2.78. The Kier molecular flexibility index (Phi) is 3.09. The van der Waals surface area contributed by atoms with Crippen molar-refractivity contribution < 1.29 is 14.3 Å². The topological polar surface area (TPSA) is 35.5 Å². The summed E-state index contributed by atoms with van der Waals surface area (Å²) in [6.45, 7) is 5.62. The Hall–Kier alpha value is -1.51. The minimum atomic E-state index is -0.866. The van der Waals surface area contributed by atoms with Crippen molar-refractivity contribution in [2.75, 3.05) is 0 Å². The predicted molar refractivity (Wildman–Crippen MR) is 65.2 cm³/mol. The average Bonchev–Trinajstić information content (AvgIpc) is 2.25. The maximum absolute atomic E-state index is 11.8. The van der Waals surface area contributed by atoms with Gasteiger partial charge in [-0.15, -0.1) is 0 Å². The molecule has 1 aliphatic heterocycles. The van der Waals surface area contributed by atoms with Gasteiger partial charge >= 0.3 is 5.97 Å². The summed E-state index contributed by atoms with van der Waals surface area (Å²) in [4.78, 5) is 11.8. The molecule has 92 valence electrons. The molecule has 1 heterocycles. The Morgan fingerprint density at radius 3 is 2.71 bits per heavy atom. The van der Waals surface area contributed by atoms with E-state index in [1.807, 2.05) is 18.2 Å². The van der Waals surface area contributed by atoms with Crippen LogP contribution >= 0.6 is 0 Å². The number of hydrogen-bond acceptors (Lipinski definition) is 3. The van der Waals surface area contributed by atoms with Crippen LogP contribution in [0.4, 0.5) is 0 Å². The van der Waals surface area contributed by atoms with E-state index < -0.39 is 5.79 Å². The van der Waals surface area contributed by atoms with Crippen LogP contribution in [0.5, 0.6) is 5.75 Å². The minimum Gasteiger partial charge on any atom is -0.452 e. The lowest BCUT2D eigenvalue weighted by molar-refractivity contribution is -0.127. The second kappa shape index (κ2) is 4.40. The number of rotatable bonds is 3. The van der Waals surface area contributed by atoms with E-state index in [2.05, 4.69) is 6.92 Å². The summed E-state index contributed by atoms with van der Waals surface area (Å²) in [5.41, 5.74) is 1.70. The molecule has 0 aromatic heterocycles. The van der Waals surface area contributed by atoms with E-state index in [-0.39, 0.29) is 5.97 Å². The van der Waals surface area contributed by atoms with Crippen molar-refractivity contribution in [3.05, 3.63) is 29.3 Å².